The molecular formula is C63H63N12O13P. The molecule has 6 aliphatic heterocycles. The smallest absolute Gasteiger partial charge is 0.347 e. The van der Waals surface area contributed by atoms with Crippen LogP contribution in [-0.4, -0.2) is 151 Å². The summed E-state index contributed by atoms with van der Waals surface area (Å²) < 4.78 is 100. The van der Waals surface area contributed by atoms with Gasteiger partial charge < -0.3 is 42.6 Å². The van der Waals surface area contributed by atoms with Crippen molar-refractivity contribution < 1.29 is 60.8 Å². The highest BCUT2D eigenvalue weighted by molar-refractivity contribution is 7.48. The number of rotatable bonds is 18. The van der Waals surface area contributed by atoms with E-state index >= 15 is 4.57 Å². The molecule has 0 saturated carbocycles. The highest BCUT2D eigenvalue weighted by Crippen LogP contribution is 2.55. The summed E-state index contributed by atoms with van der Waals surface area (Å²) in [5.41, 5.74) is 7.96. The standard InChI is InChI=1S/C63H63N12O13P/c1-61(2)83-49-43(80-58(52(49)86-61)73-34-70-46-40(64-31-67-55(46)73)25-22-37-16-10-7-11-17-37)28-77-89(76,78-29-44-50-53(87-62(3,4)84-50)59(81-44)74-35-71-47-41(65-32-68-56(47)74)26-23-38-18-12-8-13-19-38)79-30-45-51-54(88-63(5,6)85-51)60(82-45)75-36-72-48-42(66-33-69-57(48)75)27-24-39-20-14-9-15-21-39/h7-27,31-36,43-45,49-54,58-60H,28-30H2,1-6H3/b25-22+,26-23+,27-24+/t43-,44-,45-,49-,50-,51-,52-,53-,54-,58-,59-,60-/m1/s1. The second kappa shape index (κ2) is 22.9. The molecule has 0 N–H and O–H groups in total. The molecule has 0 radical (unpaired) electrons. The first-order chi connectivity index (χ1) is 43.1. The molecule has 6 saturated heterocycles. The molecule has 6 aliphatic rings. The van der Waals surface area contributed by atoms with Crippen molar-refractivity contribution in [1.82, 2.24) is 58.6 Å². The fraction of sp³-hybridized carbons (Fsp3) is 0.381. The molecule has 0 bridgehead atoms. The molecule has 0 aliphatic carbocycles. The van der Waals surface area contributed by atoms with Crippen LogP contribution in [0.5, 0.6) is 0 Å². The molecule has 6 aromatic heterocycles. The van der Waals surface area contributed by atoms with E-state index < -0.39 is 98.8 Å². The second-order valence-corrected chi connectivity index (χ2v) is 25.4. The Morgan fingerprint density at radius 2 is 0.674 bits per heavy atom. The van der Waals surface area contributed by atoms with Crippen molar-refractivity contribution in [2.24, 2.45) is 0 Å². The van der Waals surface area contributed by atoms with Gasteiger partial charge in [-0.25, -0.2) is 49.4 Å². The predicted octanol–water partition coefficient (Wildman–Crippen LogP) is 9.43. The number of phosphoric acid groups is 1. The second-order valence-electron chi connectivity index (χ2n) is 23.7. The Morgan fingerprint density at radius 3 is 0.966 bits per heavy atom. The van der Waals surface area contributed by atoms with Crippen LogP contribution >= 0.6 is 7.82 Å². The summed E-state index contributed by atoms with van der Waals surface area (Å²) in [7, 11) is -4.73. The fourth-order valence-corrected chi connectivity index (χ4v) is 13.6. The summed E-state index contributed by atoms with van der Waals surface area (Å²) in [6.45, 7) is 9.83. The van der Waals surface area contributed by atoms with Crippen LogP contribution in [0, 0.1) is 0 Å². The monoisotopic (exact) mass is 1230 g/mol. The van der Waals surface area contributed by atoms with Gasteiger partial charge in [0.15, 0.2) is 53.0 Å². The Morgan fingerprint density at radius 1 is 0.393 bits per heavy atom. The van der Waals surface area contributed by atoms with E-state index in [0.717, 1.165) is 16.7 Å². The Bertz CT molecular complexity index is 3780. The first kappa shape index (κ1) is 57.7. The molecule has 3 aromatic carbocycles. The van der Waals surface area contributed by atoms with Crippen LogP contribution in [0.3, 0.4) is 0 Å². The summed E-state index contributed by atoms with van der Waals surface area (Å²) in [4.78, 5) is 41.8. The molecule has 15 rings (SSSR count). The summed E-state index contributed by atoms with van der Waals surface area (Å²) in [6.07, 6.45) is 11.4. The highest BCUT2D eigenvalue weighted by atomic mass is 31.2. The third-order valence-electron chi connectivity index (χ3n) is 16.3. The van der Waals surface area contributed by atoms with Crippen LogP contribution in [0.25, 0.3) is 69.9 Å². The van der Waals surface area contributed by atoms with Gasteiger partial charge in [-0.3, -0.25) is 27.3 Å². The number of ether oxygens (including phenoxy) is 9. The molecule has 0 amide bonds. The van der Waals surface area contributed by atoms with E-state index in [2.05, 4.69) is 29.9 Å². The van der Waals surface area contributed by atoms with Gasteiger partial charge in [0.25, 0.3) is 0 Å². The molecule has 9 aromatic rings. The molecule has 6 fully saturated rings. The van der Waals surface area contributed by atoms with Gasteiger partial charge in [-0.15, -0.1) is 0 Å². The minimum absolute atomic E-state index is 0.357. The fourth-order valence-electron chi connectivity index (χ4n) is 12.4. The maximum atomic E-state index is 15.8. The van der Waals surface area contributed by atoms with Crippen LogP contribution in [-0.2, 0) is 60.8 Å². The Hall–Kier alpha value is -7.72. The third kappa shape index (κ3) is 11.3. The van der Waals surface area contributed by atoms with Gasteiger partial charge in [-0.1, -0.05) is 109 Å². The van der Waals surface area contributed by atoms with Crippen LogP contribution in [0.2, 0.25) is 0 Å². The van der Waals surface area contributed by atoms with Crippen molar-refractivity contribution in [3.05, 3.63) is 163 Å². The van der Waals surface area contributed by atoms with Crippen molar-refractivity contribution in [2.45, 2.75) is 133 Å². The van der Waals surface area contributed by atoms with E-state index in [1.54, 1.807) is 32.7 Å². The topological polar surface area (TPSA) is 259 Å². The lowest BCUT2D eigenvalue weighted by Gasteiger charge is -2.28. The number of hydrogen-bond acceptors (Lipinski definition) is 22. The first-order valence-corrected chi connectivity index (χ1v) is 30.9. The van der Waals surface area contributed by atoms with E-state index in [0.29, 0.717) is 50.6 Å². The summed E-state index contributed by atoms with van der Waals surface area (Å²) in [6, 6.07) is 29.7. The Balaban J connectivity index is 0.718. The summed E-state index contributed by atoms with van der Waals surface area (Å²) in [5.74, 6) is -3.14. The van der Waals surface area contributed by atoms with Gasteiger partial charge in [-0.2, -0.15) is 0 Å². The zero-order chi connectivity index (χ0) is 60.7. The number of fused-ring (bicyclic) bond motifs is 6. The lowest BCUT2D eigenvalue weighted by atomic mass is 10.1. The Labute approximate surface area is 510 Å². The molecule has 89 heavy (non-hydrogen) atoms. The molecule has 12 atom stereocenters. The summed E-state index contributed by atoms with van der Waals surface area (Å²) >= 11 is 0. The maximum absolute atomic E-state index is 15.8. The molecule has 0 unspecified atom stereocenters. The van der Waals surface area contributed by atoms with Gasteiger partial charge >= 0.3 is 7.82 Å². The predicted molar refractivity (Wildman–Crippen MR) is 321 cm³/mol. The van der Waals surface area contributed by atoms with Crippen molar-refractivity contribution in [3.8, 4) is 0 Å². The first-order valence-electron chi connectivity index (χ1n) is 29.4. The van der Waals surface area contributed by atoms with Crippen molar-refractivity contribution >= 4 is 77.8 Å². The van der Waals surface area contributed by atoms with Crippen LogP contribution in [0.15, 0.2) is 129 Å². The van der Waals surface area contributed by atoms with Crippen molar-refractivity contribution in [3.63, 3.8) is 0 Å². The largest absolute Gasteiger partial charge is 0.475 e. The lowest BCUT2D eigenvalue weighted by Crippen LogP contribution is -2.35. The Kier molecular flexibility index (Phi) is 14.9. The van der Waals surface area contributed by atoms with E-state index in [1.807, 2.05) is 169 Å². The number of benzene rings is 3. The zero-order valence-electron chi connectivity index (χ0n) is 49.3. The number of nitrogens with zero attached hydrogens (tertiary/aromatic N) is 12. The molecule has 12 heterocycles. The summed E-state index contributed by atoms with van der Waals surface area (Å²) in [5, 5.41) is 0. The number of imidazole rings is 3. The van der Waals surface area contributed by atoms with Crippen LogP contribution in [0.1, 0.15) is 94.0 Å². The van der Waals surface area contributed by atoms with Gasteiger partial charge in [0.1, 0.15) is 90.5 Å². The third-order valence-corrected chi connectivity index (χ3v) is 17.6. The molecule has 458 valence electrons. The lowest BCUT2D eigenvalue weighted by molar-refractivity contribution is -0.202. The van der Waals surface area contributed by atoms with Gasteiger partial charge in [0, 0.05) is 0 Å². The minimum Gasteiger partial charge on any atom is -0.347 e. The number of aromatic nitrogens is 12. The molecular weight excluding hydrogens is 1160 g/mol. The number of hydrogen-bond donors (Lipinski definition) is 0. The quantitative estimate of drug-likeness (QED) is 0.0724. The number of phosphoric ester groups is 1. The molecule has 0 spiro atoms. The van der Waals surface area contributed by atoms with Crippen LogP contribution in [0.4, 0.5) is 0 Å². The van der Waals surface area contributed by atoms with Gasteiger partial charge in [0.2, 0.25) is 0 Å². The van der Waals surface area contributed by atoms with E-state index in [9.17, 15) is 0 Å². The average Bonchev–Trinajstić information content (AvgIpc) is 1.65. The molecule has 26 heteroatoms. The SMILES string of the molecule is CC1(C)O[C@@H]2[C@H](O1)[C@@H](COP(=O)(OC[C@H]1O[C@@H](n3cnc4c(/C=C/c5ccccc5)ncnc43)[C@@H]3OC(C)(C)O[C@@H]31)OC[C@H]1O[C@@H](n3cnc4c(/C=C/c5ccccc5)ncnc43)[C@@H]3OC(C)(C)O[C@@H]31)O[C@H]2n1cnc2c(/C=C/c3ccccc3)ncnc21. The van der Waals surface area contributed by atoms with Crippen molar-refractivity contribution in [2.75, 3.05) is 19.8 Å². The van der Waals surface area contributed by atoms with Gasteiger partial charge in [-0.05, 0) is 76.5 Å². The van der Waals surface area contributed by atoms with Crippen LogP contribution < -0.4 is 0 Å². The highest BCUT2D eigenvalue weighted by Gasteiger charge is 2.60. The maximum Gasteiger partial charge on any atom is 0.475 e. The molecule has 25 nitrogen and oxygen atoms in total. The van der Waals surface area contributed by atoms with E-state index in [1.165, 1.54) is 19.0 Å². The van der Waals surface area contributed by atoms with Gasteiger partial charge in [0.05, 0.1) is 55.9 Å². The van der Waals surface area contributed by atoms with Crippen molar-refractivity contribution in [1.29, 1.82) is 0 Å². The zero-order valence-corrected chi connectivity index (χ0v) is 50.2. The van der Waals surface area contributed by atoms with E-state index in [4.69, 9.17) is 71.2 Å². The minimum atomic E-state index is -4.73. The average molecular weight is 1230 g/mol. The van der Waals surface area contributed by atoms with E-state index in [-0.39, 0.29) is 19.8 Å². The normalized spacial score (nSPS) is 28.6.